The highest BCUT2D eigenvalue weighted by Gasteiger charge is 2.25. The van der Waals surface area contributed by atoms with Crippen molar-refractivity contribution in [2.24, 2.45) is 0 Å². The maximum atomic E-state index is 4.59. The summed E-state index contributed by atoms with van der Waals surface area (Å²) in [5.74, 6) is 1.71. The second-order valence-corrected chi connectivity index (χ2v) is 6.83. The first kappa shape index (κ1) is 15.1. The smallest absolute Gasteiger partial charge is 0.133 e. The van der Waals surface area contributed by atoms with Crippen LogP contribution in [0.5, 0.6) is 0 Å². The summed E-state index contributed by atoms with van der Waals surface area (Å²) in [7, 11) is 0. The Hall–Kier alpha value is -2.43. The molecule has 1 aromatic carbocycles. The lowest BCUT2D eigenvalue weighted by molar-refractivity contribution is 0.765. The zero-order valence-corrected chi connectivity index (χ0v) is 14.7. The van der Waals surface area contributed by atoms with Gasteiger partial charge in [-0.25, -0.2) is 15.0 Å². The van der Waals surface area contributed by atoms with Crippen LogP contribution in [0.15, 0.2) is 24.5 Å². The molecule has 2 heterocycles. The van der Waals surface area contributed by atoms with E-state index in [0.717, 1.165) is 28.4 Å². The molecule has 3 aromatic rings. The number of fused-ring (bicyclic) bond motifs is 1. The normalized spacial score (nSPS) is 15.7. The number of aromatic nitrogens is 4. The predicted molar refractivity (Wildman–Crippen MR) is 96.3 cm³/mol. The molecule has 0 radical (unpaired) electrons. The van der Waals surface area contributed by atoms with Gasteiger partial charge in [-0.3, -0.25) is 0 Å². The second kappa shape index (κ2) is 5.58. The monoisotopic (exact) mass is 321 g/mol. The van der Waals surface area contributed by atoms with E-state index in [2.05, 4.69) is 56.9 Å². The fraction of sp³-hybridized carbons (Fsp3) is 0.421. The van der Waals surface area contributed by atoms with Crippen LogP contribution < -0.4 is 5.32 Å². The fourth-order valence-corrected chi connectivity index (χ4v) is 3.16. The minimum absolute atomic E-state index is 0.160. The van der Waals surface area contributed by atoms with E-state index < -0.39 is 0 Å². The van der Waals surface area contributed by atoms with E-state index in [1.807, 2.05) is 20.2 Å². The molecule has 24 heavy (non-hydrogen) atoms. The summed E-state index contributed by atoms with van der Waals surface area (Å²) in [6.07, 6.45) is 4.53. The number of hydrogen-bond donors (Lipinski definition) is 1. The molecule has 1 unspecified atom stereocenters. The Balaban J connectivity index is 1.62. The number of nitrogens with one attached hydrogen (secondary N) is 1. The van der Waals surface area contributed by atoms with Crippen LogP contribution in [0.4, 0.5) is 5.82 Å². The van der Waals surface area contributed by atoms with Gasteiger partial charge in [0.05, 0.1) is 23.4 Å². The van der Waals surface area contributed by atoms with Gasteiger partial charge in [-0.05, 0) is 58.2 Å². The first-order valence-electron chi connectivity index (χ1n) is 8.58. The highest BCUT2D eigenvalue weighted by Crippen LogP contribution is 2.37. The first-order chi connectivity index (χ1) is 11.5. The van der Waals surface area contributed by atoms with Gasteiger partial charge in [0.1, 0.15) is 11.6 Å². The lowest BCUT2D eigenvalue weighted by atomic mass is 10.1. The zero-order valence-electron chi connectivity index (χ0n) is 14.7. The van der Waals surface area contributed by atoms with E-state index in [1.54, 1.807) is 0 Å². The summed E-state index contributed by atoms with van der Waals surface area (Å²) >= 11 is 0. The Morgan fingerprint density at radius 3 is 2.71 bits per heavy atom. The minimum atomic E-state index is 0.160. The Morgan fingerprint density at radius 1 is 1.17 bits per heavy atom. The quantitative estimate of drug-likeness (QED) is 0.780. The van der Waals surface area contributed by atoms with Crippen molar-refractivity contribution in [1.29, 1.82) is 0 Å². The number of imidazole rings is 1. The van der Waals surface area contributed by atoms with E-state index >= 15 is 0 Å². The van der Waals surface area contributed by atoms with E-state index in [0.29, 0.717) is 6.04 Å². The predicted octanol–water partition coefficient (Wildman–Crippen LogP) is 4.26. The van der Waals surface area contributed by atoms with Crippen molar-refractivity contribution in [2.45, 2.75) is 52.6 Å². The molecule has 1 atom stereocenters. The number of rotatable bonds is 4. The molecule has 1 fully saturated rings. The Kier molecular flexibility index (Phi) is 3.52. The second-order valence-electron chi connectivity index (χ2n) is 6.83. The summed E-state index contributed by atoms with van der Waals surface area (Å²) in [4.78, 5) is 13.6. The molecule has 5 nitrogen and oxygen atoms in total. The van der Waals surface area contributed by atoms with Crippen molar-refractivity contribution in [3.63, 3.8) is 0 Å². The Bertz CT molecular complexity index is 908. The van der Waals surface area contributed by atoms with Crippen LogP contribution in [-0.2, 0) is 0 Å². The maximum absolute atomic E-state index is 4.59. The molecule has 4 rings (SSSR count). The number of hydrogen-bond acceptors (Lipinski definition) is 4. The molecule has 0 aliphatic heterocycles. The van der Waals surface area contributed by atoms with Gasteiger partial charge in [0.25, 0.3) is 0 Å². The maximum Gasteiger partial charge on any atom is 0.133 e. The molecule has 1 aliphatic carbocycles. The third-order valence-corrected chi connectivity index (χ3v) is 4.89. The molecule has 1 N–H and O–H groups in total. The first-order valence-corrected chi connectivity index (χ1v) is 8.58. The molecule has 124 valence electrons. The van der Waals surface area contributed by atoms with Gasteiger partial charge in [-0.2, -0.15) is 0 Å². The van der Waals surface area contributed by atoms with Gasteiger partial charge in [0.15, 0.2) is 0 Å². The summed E-state index contributed by atoms with van der Waals surface area (Å²) in [5.41, 5.74) is 5.65. The van der Waals surface area contributed by atoms with Crippen LogP contribution in [0.3, 0.4) is 0 Å². The fourth-order valence-electron chi connectivity index (χ4n) is 3.16. The van der Waals surface area contributed by atoms with Crippen molar-refractivity contribution in [1.82, 2.24) is 19.5 Å². The lowest BCUT2D eigenvalue weighted by Crippen LogP contribution is -2.11. The molecule has 2 aromatic heterocycles. The number of anilines is 1. The summed E-state index contributed by atoms with van der Waals surface area (Å²) in [6.45, 7) is 8.17. The molecule has 0 bridgehead atoms. The Morgan fingerprint density at radius 2 is 1.96 bits per heavy atom. The number of nitrogens with zero attached hydrogens (tertiary/aromatic N) is 4. The summed E-state index contributed by atoms with van der Waals surface area (Å²) in [5, 5.41) is 3.53. The third kappa shape index (κ3) is 2.64. The lowest BCUT2D eigenvalue weighted by Gasteiger charge is -2.18. The molecule has 0 spiro atoms. The minimum Gasteiger partial charge on any atom is -0.363 e. The molecule has 0 amide bonds. The van der Waals surface area contributed by atoms with Gasteiger partial charge >= 0.3 is 0 Å². The SMILES string of the molecule is Cc1nc(C)c(C)c(NC(C)c2ccc3c(c2)ncn3C2CC2)n1. The van der Waals surface area contributed by atoms with Crippen LogP contribution in [0.2, 0.25) is 0 Å². The summed E-state index contributed by atoms with van der Waals surface area (Å²) in [6, 6.07) is 7.38. The Labute approximate surface area is 142 Å². The molecule has 5 heteroatoms. The zero-order chi connectivity index (χ0) is 16.8. The molecule has 0 saturated heterocycles. The largest absolute Gasteiger partial charge is 0.363 e. The van der Waals surface area contributed by atoms with Gasteiger partial charge in [0.2, 0.25) is 0 Å². The average molecular weight is 321 g/mol. The van der Waals surface area contributed by atoms with E-state index in [4.69, 9.17) is 0 Å². The van der Waals surface area contributed by atoms with Crippen LogP contribution in [-0.4, -0.2) is 19.5 Å². The van der Waals surface area contributed by atoms with E-state index in [1.165, 1.54) is 23.9 Å². The highest BCUT2D eigenvalue weighted by atomic mass is 15.1. The van der Waals surface area contributed by atoms with Crippen LogP contribution in [0.25, 0.3) is 11.0 Å². The van der Waals surface area contributed by atoms with Crippen LogP contribution >= 0.6 is 0 Å². The summed E-state index contributed by atoms with van der Waals surface area (Å²) < 4.78 is 2.30. The average Bonchev–Trinajstić information content (AvgIpc) is 3.31. The van der Waals surface area contributed by atoms with Crippen molar-refractivity contribution < 1.29 is 0 Å². The standard InChI is InChI=1S/C19H23N5/c1-11-12(2)21-14(4)23-19(11)22-13(3)15-5-8-18-17(9-15)20-10-24(18)16-6-7-16/h5,8-10,13,16H,6-7H2,1-4H3,(H,21,22,23). The van der Waals surface area contributed by atoms with Gasteiger partial charge < -0.3 is 9.88 Å². The van der Waals surface area contributed by atoms with Crippen LogP contribution in [0, 0.1) is 20.8 Å². The number of benzene rings is 1. The molecule has 1 aliphatic rings. The van der Waals surface area contributed by atoms with Crippen molar-refractivity contribution in [2.75, 3.05) is 5.32 Å². The highest BCUT2D eigenvalue weighted by molar-refractivity contribution is 5.76. The van der Waals surface area contributed by atoms with Gasteiger partial charge in [0, 0.05) is 17.3 Å². The van der Waals surface area contributed by atoms with Crippen molar-refractivity contribution >= 4 is 16.9 Å². The molecule has 1 saturated carbocycles. The number of aryl methyl sites for hydroxylation is 2. The van der Waals surface area contributed by atoms with E-state index in [-0.39, 0.29) is 6.04 Å². The van der Waals surface area contributed by atoms with Crippen LogP contribution in [0.1, 0.15) is 54.5 Å². The molecular formula is C19H23N5. The van der Waals surface area contributed by atoms with Crippen molar-refractivity contribution in [3.8, 4) is 0 Å². The third-order valence-electron chi connectivity index (χ3n) is 4.89. The van der Waals surface area contributed by atoms with Gasteiger partial charge in [-0.15, -0.1) is 0 Å². The van der Waals surface area contributed by atoms with E-state index in [9.17, 15) is 0 Å². The molecular weight excluding hydrogens is 298 g/mol. The van der Waals surface area contributed by atoms with Gasteiger partial charge in [-0.1, -0.05) is 6.07 Å². The topological polar surface area (TPSA) is 55.6 Å². The van der Waals surface area contributed by atoms with Crippen molar-refractivity contribution in [3.05, 3.63) is 47.2 Å².